The lowest BCUT2D eigenvalue weighted by Gasteiger charge is -2.22. The SMILES string of the molecule is c1cc(CN(c2cnc(CNC3CC3)cn2)C2CC2)cs1. The van der Waals surface area contributed by atoms with Crippen LogP contribution in [0.5, 0.6) is 0 Å². The molecule has 0 amide bonds. The van der Waals surface area contributed by atoms with Gasteiger partial charge < -0.3 is 10.2 Å². The molecule has 0 aliphatic heterocycles. The van der Waals surface area contributed by atoms with Gasteiger partial charge in [0.1, 0.15) is 5.82 Å². The highest BCUT2D eigenvalue weighted by atomic mass is 32.1. The molecule has 4 rings (SSSR count). The van der Waals surface area contributed by atoms with E-state index in [0.717, 1.165) is 24.6 Å². The normalized spacial score (nSPS) is 17.9. The number of hydrogen-bond acceptors (Lipinski definition) is 5. The smallest absolute Gasteiger partial charge is 0.147 e. The second-order valence-corrected chi connectivity index (χ2v) is 6.79. The van der Waals surface area contributed by atoms with Gasteiger partial charge in [-0.25, -0.2) is 4.98 Å². The summed E-state index contributed by atoms with van der Waals surface area (Å²) in [4.78, 5) is 11.6. The Labute approximate surface area is 129 Å². The highest BCUT2D eigenvalue weighted by Gasteiger charge is 2.30. The van der Waals surface area contributed by atoms with Crippen molar-refractivity contribution in [3.63, 3.8) is 0 Å². The van der Waals surface area contributed by atoms with Crippen molar-refractivity contribution < 1.29 is 0 Å². The van der Waals surface area contributed by atoms with Crippen LogP contribution < -0.4 is 10.2 Å². The molecule has 21 heavy (non-hydrogen) atoms. The fraction of sp³-hybridized carbons (Fsp3) is 0.500. The first-order valence-corrected chi connectivity index (χ1v) is 8.65. The number of anilines is 1. The van der Waals surface area contributed by atoms with E-state index in [4.69, 9.17) is 0 Å². The molecule has 2 aliphatic carbocycles. The number of nitrogens with one attached hydrogen (secondary N) is 1. The Hall–Kier alpha value is -1.46. The van der Waals surface area contributed by atoms with Crippen LogP contribution in [0.15, 0.2) is 29.2 Å². The Bertz CT molecular complexity index is 573. The van der Waals surface area contributed by atoms with E-state index in [1.807, 2.05) is 12.4 Å². The lowest BCUT2D eigenvalue weighted by molar-refractivity contribution is 0.669. The van der Waals surface area contributed by atoms with Crippen LogP contribution in [-0.4, -0.2) is 22.1 Å². The zero-order valence-corrected chi connectivity index (χ0v) is 12.9. The molecule has 0 bridgehead atoms. The van der Waals surface area contributed by atoms with Crippen LogP contribution in [0, 0.1) is 0 Å². The highest BCUT2D eigenvalue weighted by Crippen LogP contribution is 2.32. The van der Waals surface area contributed by atoms with Gasteiger partial charge in [0.05, 0.1) is 18.1 Å². The van der Waals surface area contributed by atoms with Gasteiger partial charge >= 0.3 is 0 Å². The van der Waals surface area contributed by atoms with Gasteiger partial charge in [0.2, 0.25) is 0 Å². The zero-order valence-electron chi connectivity index (χ0n) is 12.0. The number of nitrogens with zero attached hydrogens (tertiary/aromatic N) is 3. The Morgan fingerprint density at radius 2 is 2.10 bits per heavy atom. The topological polar surface area (TPSA) is 41.1 Å². The Morgan fingerprint density at radius 1 is 1.19 bits per heavy atom. The fourth-order valence-electron chi connectivity index (χ4n) is 2.49. The minimum Gasteiger partial charge on any atom is -0.348 e. The lowest BCUT2D eigenvalue weighted by Crippen LogP contribution is -2.26. The van der Waals surface area contributed by atoms with Crippen LogP contribution in [-0.2, 0) is 13.1 Å². The van der Waals surface area contributed by atoms with Gasteiger partial charge in [-0.1, -0.05) is 0 Å². The van der Waals surface area contributed by atoms with E-state index in [2.05, 4.69) is 37.0 Å². The van der Waals surface area contributed by atoms with Crippen molar-refractivity contribution in [2.24, 2.45) is 0 Å². The summed E-state index contributed by atoms with van der Waals surface area (Å²) in [6, 6.07) is 3.56. The molecule has 2 saturated carbocycles. The van der Waals surface area contributed by atoms with E-state index in [-0.39, 0.29) is 0 Å². The molecule has 0 unspecified atom stereocenters. The summed E-state index contributed by atoms with van der Waals surface area (Å²) in [6.45, 7) is 1.79. The van der Waals surface area contributed by atoms with E-state index < -0.39 is 0 Å². The van der Waals surface area contributed by atoms with Crippen molar-refractivity contribution in [3.05, 3.63) is 40.5 Å². The molecule has 0 radical (unpaired) electrons. The first kappa shape index (κ1) is 13.2. The van der Waals surface area contributed by atoms with Gasteiger partial charge in [0.25, 0.3) is 0 Å². The summed E-state index contributed by atoms with van der Waals surface area (Å²) in [5.74, 6) is 1.01. The predicted octanol–water partition coefficient (Wildman–Crippen LogP) is 2.96. The maximum absolute atomic E-state index is 4.65. The Morgan fingerprint density at radius 3 is 2.71 bits per heavy atom. The maximum Gasteiger partial charge on any atom is 0.147 e. The summed E-state index contributed by atoms with van der Waals surface area (Å²) in [5.41, 5.74) is 2.41. The van der Waals surface area contributed by atoms with Crippen LogP contribution in [0.4, 0.5) is 5.82 Å². The van der Waals surface area contributed by atoms with E-state index in [1.54, 1.807) is 11.3 Å². The number of hydrogen-bond donors (Lipinski definition) is 1. The van der Waals surface area contributed by atoms with Crippen molar-refractivity contribution in [2.75, 3.05) is 4.90 Å². The molecule has 110 valence electrons. The molecule has 1 N–H and O–H groups in total. The minimum atomic E-state index is 0.648. The summed E-state index contributed by atoms with van der Waals surface area (Å²) in [7, 11) is 0. The van der Waals surface area contributed by atoms with E-state index in [9.17, 15) is 0 Å². The van der Waals surface area contributed by atoms with E-state index in [0.29, 0.717) is 12.1 Å². The summed E-state index contributed by atoms with van der Waals surface area (Å²) >= 11 is 1.76. The lowest BCUT2D eigenvalue weighted by atomic mass is 10.3. The van der Waals surface area contributed by atoms with Crippen LogP contribution >= 0.6 is 11.3 Å². The van der Waals surface area contributed by atoms with Gasteiger partial charge in [-0.15, -0.1) is 0 Å². The first-order chi connectivity index (χ1) is 10.4. The van der Waals surface area contributed by atoms with Crippen molar-refractivity contribution >= 4 is 17.2 Å². The zero-order chi connectivity index (χ0) is 14.1. The molecular weight excluding hydrogens is 280 g/mol. The molecule has 0 saturated heterocycles. The van der Waals surface area contributed by atoms with Gasteiger partial charge in [-0.2, -0.15) is 11.3 Å². The molecule has 0 atom stereocenters. The monoisotopic (exact) mass is 300 g/mol. The van der Waals surface area contributed by atoms with Crippen LogP contribution in [0.1, 0.15) is 36.9 Å². The van der Waals surface area contributed by atoms with E-state index >= 15 is 0 Å². The van der Waals surface area contributed by atoms with Crippen LogP contribution in [0.25, 0.3) is 0 Å². The van der Waals surface area contributed by atoms with Crippen LogP contribution in [0.2, 0.25) is 0 Å². The Kier molecular flexibility index (Phi) is 3.61. The van der Waals surface area contributed by atoms with Crippen molar-refractivity contribution in [2.45, 2.75) is 50.9 Å². The number of rotatable bonds is 7. The molecule has 2 fully saturated rings. The summed E-state index contributed by atoms with van der Waals surface area (Å²) in [5, 5.41) is 7.83. The average molecular weight is 300 g/mol. The summed E-state index contributed by atoms with van der Waals surface area (Å²) in [6.07, 6.45) is 9.03. The summed E-state index contributed by atoms with van der Waals surface area (Å²) < 4.78 is 0. The largest absolute Gasteiger partial charge is 0.348 e. The van der Waals surface area contributed by atoms with Gasteiger partial charge in [-0.3, -0.25) is 4.98 Å². The quantitative estimate of drug-likeness (QED) is 0.853. The molecule has 0 aromatic carbocycles. The van der Waals surface area contributed by atoms with Crippen LogP contribution in [0.3, 0.4) is 0 Å². The average Bonchev–Trinajstić information content (AvgIpc) is 3.44. The second-order valence-electron chi connectivity index (χ2n) is 6.01. The maximum atomic E-state index is 4.65. The van der Waals surface area contributed by atoms with Gasteiger partial charge in [-0.05, 0) is 48.1 Å². The molecule has 2 heterocycles. The third-order valence-electron chi connectivity index (χ3n) is 4.06. The predicted molar refractivity (Wildman–Crippen MR) is 85.4 cm³/mol. The molecule has 5 heteroatoms. The fourth-order valence-corrected chi connectivity index (χ4v) is 3.15. The molecule has 4 nitrogen and oxygen atoms in total. The molecule has 0 spiro atoms. The van der Waals surface area contributed by atoms with Crippen molar-refractivity contribution in [1.82, 2.24) is 15.3 Å². The van der Waals surface area contributed by atoms with Crippen molar-refractivity contribution in [3.8, 4) is 0 Å². The molecule has 2 aromatic rings. The molecular formula is C16H20N4S. The Balaban J connectivity index is 1.44. The van der Waals surface area contributed by atoms with Crippen molar-refractivity contribution in [1.29, 1.82) is 0 Å². The first-order valence-electron chi connectivity index (χ1n) is 7.70. The highest BCUT2D eigenvalue weighted by molar-refractivity contribution is 7.07. The van der Waals surface area contributed by atoms with Gasteiger partial charge in [0, 0.05) is 25.2 Å². The van der Waals surface area contributed by atoms with Gasteiger partial charge in [0.15, 0.2) is 0 Å². The second kappa shape index (κ2) is 5.73. The number of aromatic nitrogens is 2. The molecule has 2 aliphatic rings. The third-order valence-corrected chi connectivity index (χ3v) is 4.79. The third kappa shape index (κ3) is 3.41. The standard InChI is InChI=1S/C16H20N4S/c1-2-13(1)17-7-14-8-19-16(9-18-14)20(15-3-4-15)10-12-5-6-21-11-12/h5-6,8-9,11,13,15,17H,1-4,7,10H2. The van der Waals surface area contributed by atoms with E-state index in [1.165, 1.54) is 31.2 Å². The minimum absolute atomic E-state index is 0.648. The molecule has 2 aromatic heterocycles. The number of thiophene rings is 1.